The van der Waals surface area contributed by atoms with E-state index in [1.807, 2.05) is 0 Å². The summed E-state index contributed by atoms with van der Waals surface area (Å²) in [5.74, 6) is -3.98. The fourth-order valence-electron chi connectivity index (χ4n) is 3.24. The van der Waals surface area contributed by atoms with Crippen LogP contribution in [0.3, 0.4) is 0 Å². The summed E-state index contributed by atoms with van der Waals surface area (Å²) in [5, 5.41) is -0.142. The van der Waals surface area contributed by atoms with Gasteiger partial charge in [-0.25, -0.2) is 22.8 Å². The predicted molar refractivity (Wildman–Crippen MR) is 108 cm³/mol. The molecule has 1 heterocycles. The Bertz CT molecular complexity index is 974. The van der Waals surface area contributed by atoms with Gasteiger partial charge in [-0.1, -0.05) is 12.1 Å². The van der Waals surface area contributed by atoms with Gasteiger partial charge in [0.1, 0.15) is 17.1 Å². The van der Waals surface area contributed by atoms with E-state index in [4.69, 9.17) is 9.47 Å². The van der Waals surface area contributed by atoms with E-state index >= 15 is 0 Å². The lowest BCUT2D eigenvalue weighted by Gasteiger charge is -2.24. The van der Waals surface area contributed by atoms with Crippen LogP contribution in [0.2, 0.25) is 0 Å². The van der Waals surface area contributed by atoms with Crippen LogP contribution in [0, 0.1) is 17.5 Å². The molecule has 6 nitrogen and oxygen atoms in total. The highest BCUT2D eigenvalue weighted by Crippen LogP contribution is 2.26. The summed E-state index contributed by atoms with van der Waals surface area (Å²) in [4.78, 5) is 26.0. The van der Waals surface area contributed by atoms with Crippen LogP contribution in [-0.2, 0) is 16.1 Å². The van der Waals surface area contributed by atoms with Crippen molar-refractivity contribution in [1.29, 1.82) is 0 Å². The first kappa shape index (κ1) is 23.0. The van der Waals surface area contributed by atoms with E-state index in [0.717, 1.165) is 6.07 Å². The Hall–Kier alpha value is -2.72. The second-order valence-corrected chi connectivity index (χ2v) is 7.65. The zero-order valence-electron chi connectivity index (χ0n) is 16.5. The number of likely N-dealkylation sites (tertiary alicyclic amines) is 1. The SMILES string of the molecule is COC(=O)c1ccccc1OC(=O)N1C[C@H](S)C[C@H]1COCc1cc(F)c(F)cc1F. The Morgan fingerprint density at radius 3 is 2.58 bits per heavy atom. The molecule has 0 spiro atoms. The monoisotopic (exact) mass is 455 g/mol. The zero-order chi connectivity index (χ0) is 22.5. The van der Waals surface area contributed by atoms with Crippen molar-refractivity contribution in [3.63, 3.8) is 0 Å². The van der Waals surface area contributed by atoms with E-state index in [9.17, 15) is 22.8 Å². The average Bonchev–Trinajstić information content (AvgIpc) is 3.12. The molecule has 0 N–H and O–H groups in total. The van der Waals surface area contributed by atoms with E-state index in [1.165, 1.54) is 24.1 Å². The lowest BCUT2D eigenvalue weighted by molar-refractivity contribution is 0.0588. The Labute approximate surface area is 182 Å². The first-order chi connectivity index (χ1) is 14.8. The second-order valence-electron chi connectivity index (χ2n) is 6.92. The number of thiol groups is 1. The maximum atomic E-state index is 13.8. The molecular weight excluding hydrogens is 435 g/mol. The number of halogens is 3. The van der Waals surface area contributed by atoms with Crippen molar-refractivity contribution >= 4 is 24.7 Å². The van der Waals surface area contributed by atoms with Gasteiger partial charge in [-0.3, -0.25) is 0 Å². The molecule has 0 unspecified atom stereocenters. The third-order valence-electron chi connectivity index (χ3n) is 4.77. The maximum Gasteiger partial charge on any atom is 0.415 e. The number of para-hydroxylation sites is 1. The summed E-state index contributed by atoms with van der Waals surface area (Å²) < 4.78 is 55.6. The van der Waals surface area contributed by atoms with Gasteiger partial charge >= 0.3 is 12.1 Å². The standard InChI is InChI=1S/C21H20F3NO5S/c1-28-20(26)15-4-2-3-5-19(15)30-21(27)25-9-14(31)7-13(25)11-29-10-12-6-17(23)18(24)8-16(12)22/h2-6,8,13-14,31H,7,9-11H2,1H3/t13-,14+/m0/s1. The van der Waals surface area contributed by atoms with Crippen molar-refractivity contribution in [1.82, 2.24) is 4.90 Å². The van der Waals surface area contributed by atoms with Crippen molar-refractivity contribution in [2.75, 3.05) is 20.3 Å². The van der Waals surface area contributed by atoms with E-state index in [-0.39, 0.29) is 41.9 Å². The molecule has 1 amide bonds. The van der Waals surface area contributed by atoms with Crippen LogP contribution in [0.15, 0.2) is 36.4 Å². The first-order valence-corrected chi connectivity index (χ1v) is 9.86. The molecule has 0 aliphatic carbocycles. The van der Waals surface area contributed by atoms with Gasteiger partial charge < -0.3 is 19.1 Å². The van der Waals surface area contributed by atoms with E-state index < -0.39 is 35.6 Å². The third-order valence-corrected chi connectivity index (χ3v) is 5.15. The Morgan fingerprint density at radius 1 is 1.13 bits per heavy atom. The molecule has 2 atom stereocenters. The molecule has 0 saturated carbocycles. The van der Waals surface area contributed by atoms with Crippen LogP contribution in [0.4, 0.5) is 18.0 Å². The zero-order valence-corrected chi connectivity index (χ0v) is 17.4. The number of hydrogen-bond donors (Lipinski definition) is 1. The Kier molecular flexibility index (Phi) is 7.45. The van der Waals surface area contributed by atoms with Gasteiger partial charge in [-0.2, -0.15) is 12.6 Å². The fourth-order valence-corrected chi connectivity index (χ4v) is 3.66. The molecule has 31 heavy (non-hydrogen) atoms. The van der Waals surface area contributed by atoms with Crippen molar-refractivity contribution in [2.24, 2.45) is 0 Å². The van der Waals surface area contributed by atoms with Crippen LogP contribution < -0.4 is 4.74 Å². The number of ether oxygens (including phenoxy) is 3. The predicted octanol–water partition coefficient (Wildman–Crippen LogP) is 3.98. The molecule has 3 rings (SSSR count). The lowest BCUT2D eigenvalue weighted by atomic mass is 10.2. The minimum atomic E-state index is -1.28. The molecule has 1 saturated heterocycles. The highest BCUT2D eigenvalue weighted by molar-refractivity contribution is 7.81. The number of nitrogens with zero attached hydrogens (tertiary/aromatic N) is 1. The molecule has 166 valence electrons. The average molecular weight is 455 g/mol. The summed E-state index contributed by atoms with van der Waals surface area (Å²) in [6.07, 6.45) is -0.225. The largest absolute Gasteiger partial charge is 0.465 e. The second kappa shape index (κ2) is 10.1. The number of benzene rings is 2. The number of hydrogen-bond acceptors (Lipinski definition) is 6. The molecular formula is C21H20F3NO5S. The highest BCUT2D eigenvalue weighted by atomic mass is 32.1. The van der Waals surface area contributed by atoms with Gasteiger partial charge in [0, 0.05) is 23.4 Å². The van der Waals surface area contributed by atoms with Crippen molar-refractivity contribution in [2.45, 2.75) is 24.3 Å². The Balaban J connectivity index is 1.64. The van der Waals surface area contributed by atoms with Gasteiger partial charge in [0.15, 0.2) is 11.6 Å². The molecule has 1 aliphatic rings. The van der Waals surface area contributed by atoms with E-state index in [0.29, 0.717) is 12.5 Å². The number of esters is 1. The molecule has 0 aromatic heterocycles. The van der Waals surface area contributed by atoms with Gasteiger partial charge in [-0.05, 0) is 24.6 Å². The van der Waals surface area contributed by atoms with Gasteiger partial charge in [-0.15, -0.1) is 0 Å². The first-order valence-electron chi connectivity index (χ1n) is 9.35. The van der Waals surface area contributed by atoms with Crippen molar-refractivity contribution in [3.05, 3.63) is 65.0 Å². The Morgan fingerprint density at radius 2 is 1.84 bits per heavy atom. The van der Waals surface area contributed by atoms with Crippen LogP contribution in [0.5, 0.6) is 5.75 Å². The topological polar surface area (TPSA) is 65.1 Å². The van der Waals surface area contributed by atoms with Crippen LogP contribution in [-0.4, -0.2) is 48.5 Å². The quantitative estimate of drug-likeness (QED) is 0.406. The third kappa shape index (κ3) is 5.50. The molecule has 0 bridgehead atoms. The van der Waals surface area contributed by atoms with E-state index in [2.05, 4.69) is 17.4 Å². The molecule has 1 aliphatic heterocycles. The van der Waals surface area contributed by atoms with E-state index in [1.54, 1.807) is 12.1 Å². The van der Waals surface area contributed by atoms with Gasteiger partial charge in [0.2, 0.25) is 0 Å². The van der Waals surface area contributed by atoms with Crippen molar-refractivity contribution in [3.8, 4) is 5.75 Å². The molecule has 2 aromatic carbocycles. The minimum absolute atomic E-state index is 0.00322. The number of amides is 1. The van der Waals surface area contributed by atoms with Crippen LogP contribution in [0.25, 0.3) is 0 Å². The highest BCUT2D eigenvalue weighted by Gasteiger charge is 2.35. The smallest absolute Gasteiger partial charge is 0.415 e. The molecule has 2 aromatic rings. The maximum absolute atomic E-state index is 13.8. The normalized spacial score (nSPS) is 18.2. The van der Waals surface area contributed by atoms with Crippen molar-refractivity contribution < 1.29 is 37.0 Å². The minimum Gasteiger partial charge on any atom is -0.465 e. The summed E-state index contributed by atoms with van der Waals surface area (Å²) in [7, 11) is 1.22. The summed E-state index contributed by atoms with van der Waals surface area (Å²) in [5.41, 5.74) is -0.0398. The molecule has 0 radical (unpaired) electrons. The van der Waals surface area contributed by atoms with Crippen LogP contribution >= 0.6 is 12.6 Å². The molecule has 1 fully saturated rings. The molecule has 10 heteroatoms. The summed E-state index contributed by atoms with van der Waals surface area (Å²) in [6, 6.07) is 6.90. The summed E-state index contributed by atoms with van der Waals surface area (Å²) in [6.45, 7) is -0.0238. The lowest BCUT2D eigenvalue weighted by Crippen LogP contribution is -2.40. The van der Waals surface area contributed by atoms with Gasteiger partial charge in [0.25, 0.3) is 0 Å². The number of carbonyl (C=O) groups excluding carboxylic acids is 2. The number of carbonyl (C=O) groups is 2. The summed E-state index contributed by atoms with van der Waals surface area (Å²) >= 11 is 4.40. The number of methoxy groups -OCH3 is 1. The van der Waals surface area contributed by atoms with Crippen LogP contribution in [0.1, 0.15) is 22.3 Å². The number of rotatable bonds is 6. The van der Waals surface area contributed by atoms with Gasteiger partial charge in [0.05, 0.1) is 26.4 Å². The fraction of sp³-hybridized carbons (Fsp3) is 0.333.